The van der Waals surface area contributed by atoms with Crippen LogP contribution >= 0.6 is 0 Å². The van der Waals surface area contributed by atoms with Crippen LogP contribution in [0.3, 0.4) is 0 Å². The molecule has 0 saturated carbocycles. The molecular formula is C12H18F5NO3. The van der Waals surface area contributed by atoms with E-state index in [1.54, 1.807) is 13.8 Å². The SMILES string of the molecule is CC1(C)CN(C(=O)CCOCC(F)(F)C(F)(F)F)CCO1. The summed E-state index contributed by atoms with van der Waals surface area (Å²) in [6.45, 7) is 2.39. The van der Waals surface area contributed by atoms with E-state index in [1.807, 2.05) is 0 Å². The van der Waals surface area contributed by atoms with Crippen molar-refractivity contribution in [2.24, 2.45) is 0 Å². The number of morpholine rings is 1. The zero-order valence-corrected chi connectivity index (χ0v) is 11.8. The highest BCUT2D eigenvalue weighted by molar-refractivity contribution is 5.76. The molecule has 0 spiro atoms. The molecule has 0 atom stereocenters. The lowest BCUT2D eigenvalue weighted by Gasteiger charge is -2.38. The highest BCUT2D eigenvalue weighted by atomic mass is 19.4. The van der Waals surface area contributed by atoms with Crippen molar-refractivity contribution >= 4 is 5.91 Å². The minimum Gasteiger partial charge on any atom is -0.374 e. The average Bonchev–Trinajstić information content (AvgIpc) is 2.31. The molecular weight excluding hydrogens is 301 g/mol. The van der Waals surface area contributed by atoms with Crippen LogP contribution in [0.4, 0.5) is 22.0 Å². The first-order chi connectivity index (χ1) is 9.45. The van der Waals surface area contributed by atoms with Gasteiger partial charge in [-0.05, 0) is 13.8 Å². The second-order valence-electron chi connectivity index (χ2n) is 5.43. The molecule has 0 aromatic rings. The van der Waals surface area contributed by atoms with Crippen LogP contribution in [0.15, 0.2) is 0 Å². The highest BCUT2D eigenvalue weighted by Gasteiger charge is 2.57. The van der Waals surface area contributed by atoms with Gasteiger partial charge in [0.1, 0.15) is 6.61 Å². The van der Waals surface area contributed by atoms with E-state index in [1.165, 1.54) is 4.90 Å². The maximum Gasteiger partial charge on any atom is 0.455 e. The quantitative estimate of drug-likeness (QED) is 0.576. The second kappa shape index (κ2) is 6.43. The van der Waals surface area contributed by atoms with Gasteiger partial charge in [0.15, 0.2) is 0 Å². The van der Waals surface area contributed by atoms with E-state index in [0.717, 1.165) is 0 Å². The summed E-state index contributed by atoms with van der Waals surface area (Å²) in [5, 5.41) is 0. The van der Waals surface area contributed by atoms with Crippen molar-refractivity contribution in [2.45, 2.75) is 38.0 Å². The van der Waals surface area contributed by atoms with Gasteiger partial charge in [-0.3, -0.25) is 4.79 Å². The van der Waals surface area contributed by atoms with E-state index in [2.05, 4.69) is 4.74 Å². The lowest BCUT2D eigenvalue weighted by atomic mass is 10.1. The summed E-state index contributed by atoms with van der Waals surface area (Å²) in [5.74, 6) is -5.27. The maximum atomic E-state index is 12.5. The minimum absolute atomic E-state index is 0.246. The fourth-order valence-corrected chi connectivity index (χ4v) is 1.83. The van der Waals surface area contributed by atoms with E-state index in [-0.39, 0.29) is 12.3 Å². The summed E-state index contributed by atoms with van der Waals surface area (Å²) in [7, 11) is 0. The molecule has 0 aromatic carbocycles. The number of hydrogen-bond acceptors (Lipinski definition) is 3. The predicted octanol–water partition coefficient (Wildman–Crippen LogP) is 2.23. The number of rotatable bonds is 5. The van der Waals surface area contributed by atoms with Gasteiger partial charge in [-0.2, -0.15) is 22.0 Å². The van der Waals surface area contributed by atoms with Gasteiger partial charge in [0, 0.05) is 13.1 Å². The predicted molar refractivity (Wildman–Crippen MR) is 63.0 cm³/mol. The van der Waals surface area contributed by atoms with Gasteiger partial charge in [-0.25, -0.2) is 0 Å². The molecule has 0 radical (unpaired) electrons. The third kappa shape index (κ3) is 5.39. The Hall–Kier alpha value is -0.960. The molecule has 1 aliphatic rings. The van der Waals surface area contributed by atoms with Crippen molar-refractivity contribution in [3.8, 4) is 0 Å². The number of amides is 1. The van der Waals surface area contributed by atoms with Crippen molar-refractivity contribution < 1.29 is 36.2 Å². The fraction of sp³-hybridized carbons (Fsp3) is 0.917. The Kier molecular flexibility index (Phi) is 5.54. The van der Waals surface area contributed by atoms with Crippen molar-refractivity contribution in [2.75, 3.05) is 32.9 Å². The van der Waals surface area contributed by atoms with Crippen molar-refractivity contribution in [3.63, 3.8) is 0 Å². The van der Waals surface area contributed by atoms with E-state index in [9.17, 15) is 26.7 Å². The third-order valence-electron chi connectivity index (χ3n) is 2.94. The van der Waals surface area contributed by atoms with Gasteiger partial charge < -0.3 is 14.4 Å². The molecule has 1 saturated heterocycles. The van der Waals surface area contributed by atoms with Crippen LogP contribution in [-0.2, 0) is 14.3 Å². The Labute approximate surface area is 119 Å². The summed E-state index contributed by atoms with van der Waals surface area (Å²) < 4.78 is 70.4. The van der Waals surface area contributed by atoms with Crippen molar-refractivity contribution in [3.05, 3.63) is 0 Å². The summed E-state index contributed by atoms with van der Waals surface area (Å²) in [4.78, 5) is 13.3. The maximum absolute atomic E-state index is 12.5. The van der Waals surface area contributed by atoms with Gasteiger partial charge in [-0.1, -0.05) is 0 Å². The minimum atomic E-state index is -5.65. The Morgan fingerprint density at radius 1 is 1.29 bits per heavy atom. The van der Waals surface area contributed by atoms with Crippen LogP contribution < -0.4 is 0 Å². The number of ether oxygens (including phenoxy) is 2. The molecule has 124 valence electrons. The van der Waals surface area contributed by atoms with Gasteiger partial charge in [-0.15, -0.1) is 0 Å². The topological polar surface area (TPSA) is 38.8 Å². The molecule has 1 amide bonds. The molecule has 21 heavy (non-hydrogen) atoms. The summed E-state index contributed by atoms with van der Waals surface area (Å²) in [5.41, 5.74) is -0.502. The number of carbonyl (C=O) groups excluding carboxylic acids is 1. The molecule has 0 aliphatic carbocycles. The van der Waals surface area contributed by atoms with Crippen LogP contribution in [0.2, 0.25) is 0 Å². The average molecular weight is 319 g/mol. The Bertz CT molecular complexity index is 370. The van der Waals surface area contributed by atoms with E-state index < -0.39 is 30.9 Å². The summed E-state index contributed by atoms with van der Waals surface area (Å²) in [6.07, 6.45) is -5.89. The molecule has 0 N–H and O–H groups in total. The molecule has 1 fully saturated rings. The molecule has 1 rings (SSSR count). The van der Waals surface area contributed by atoms with Crippen LogP contribution in [0.25, 0.3) is 0 Å². The Balaban J connectivity index is 2.31. The van der Waals surface area contributed by atoms with E-state index in [4.69, 9.17) is 4.74 Å². The summed E-state index contributed by atoms with van der Waals surface area (Å²) in [6, 6.07) is 0. The van der Waals surface area contributed by atoms with E-state index in [0.29, 0.717) is 19.7 Å². The van der Waals surface area contributed by atoms with Gasteiger partial charge in [0.25, 0.3) is 0 Å². The lowest BCUT2D eigenvalue weighted by molar-refractivity contribution is -0.296. The van der Waals surface area contributed by atoms with Gasteiger partial charge in [0.2, 0.25) is 5.91 Å². The molecule has 0 unspecified atom stereocenters. The highest BCUT2D eigenvalue weighted by Crippen LogP contribution is 2.35. The number of hydrogen-bond donors (Lipinski definition) is 0. The number of carbonyl (C=O) groups is 1. The van der Waals surface area contributed by atoms with Gasteiger partial charge in [0.05, 0.1) is 25.2 Å². The standard InChI is InChI=1S/C12H18F5NO3/c1-10(2)7-18(4-6-21-10)9(19)3-5-20-8-11(13,14)12(15,16)17/h3-8H2,1-2H3. The van der Waals surface area contributed by atoms with Crippen molar-refractivity contribution in [1.82, 2.24) is 4.90 Å². The number of nitrogens with zero attached hydrogens (tertiary/aromatic N) is 1. The van der Waals surface area contributed by atoms with Gasteiger partial charge >= 0.3 is 12.1 Å². The molecule has 4 nitrogen and oxygen atoms in total. The number of alkyl halides is 5. The Morgan fingerprint density at radius 2 is 1.90 bits per heavy atom. The number of halogens is 5. The lowest BCUT2D eigenvalue weighted by Crippen LogP contribution is -2.50. The molecule has 0 aromatic heterocycles. The van der Waals surface area contributed by atoms with Crippen LogP contribution in [0.5, 0.6) is 0 Å². The third-order valence-corrected chi connectivity index (χ3v) is 2.94. The normalized spacial score (nSPS) is 19.7. The van der Waals surface area contributed by atoms with Crippen molar-refractivity contribution in [1.29, 1.82) is 0 Å². The first kappa shape index (κ1) is 18.1. The molecule has 1 aliphatic heterocycles. The molecule has 9 heteroatoms. The largest absolute Gasteiger partial charge is 0.455 e. The molecule has 0 bridgehead atoms. The smallest absolute Gasteiger partial charge is 0.374 e. The first-order valence-corrected chi connectivity index (χ1v) is 6.39. The fourth-order valence-electron chi connectivity index (χ4n) is 1.83. The zero-order chi connectivity index (χ0) is 16.3. The van der Waals surface area contributed by atoms with Crippen LogP contribution in [-0.4, -0.2) is 61.4 Å². The van der Waals surface area contributed by atoms with Crippen LogP contribution in [0.1, 0.15) is 20.3 Å². The Morgan fingerprint density at radius 3 is 2.43 bits per heavy atom. The summed E-state index contributed by atoms with van der Waals surface area (Å²) >= 11 is 0. The second-order valence-corrected chi connectivity index (χ2v) is 5.43. The first-order valence-electron chi connectivity index (χ1n) is 6.39. The van der Waals surface area contributed by atoms with E-state index >= 15 is 0 Å². The monoisotopic (exact) mass is 319 g/mol. The molecule has 1 heterocycles. The zero-order valence-electron chi connectivity index (χ0n) is 11.8. The van der Waals surface area contributed by atoms with Crippen LogP contribution in [0, 0.1) is 0 Å².